The molecule has 98 valence electrons. The average molecular weight is 271 g/mol. The molecule has 0 N–H and O–H groups in total. The molecule has 1 aliphatic rings. The molecule has 9 heteroatoms. The smallest absolute Gasteiger partial charge is 0.277 e. The lowest BCUT2D eigenvalue weighted by Gasteiger charge is -2.34. The standard InChI is InChI=1S/C9H13N5O3S/c1-7-10-3-8(18-7)4-13-6-17-5-12(2)9(13)11-14(15)16/h3H,4-6H2,1-2H3/b11-9+. The first-order chi connectivity index (χ1) is 8.56. The molecule has 1 fully saturated rings. The molecule has 0 spiro atoms. The molecule has 0 aromatic carbocycles. The summed E-state index contributed by atoms with van der Waals surface area (Å²) in [4.78, 5) is 19.0. The number of rotatable bonds is 3. The van der Waals surface area contributed by atoms with Crippen LogP contribution in [0, 0.1) is 17.0 Å². The Labute approximate surface area is 108 Å². The second-order valence-corrected chi connectivity index (χ2v) is 5.16. The number of ether oxygens (including phenoxy) is 1. The highest BCUT2D eigenvalue weighted by Crippen LogP contribution is 2.16. The number of hydrogen-bond acceptors (Lipinski definition) is 5. The average Bonchev–Trinajstić information content (AvgIpc) is 2.69. The zero-order chi connectivity index (χ0) is 13.1. The van der Waals surface area contributed by atoms with E-state index in [2.05, 4.69) is 10.1 Å². The van der Waals surface area contributed by atoms with E-state index >= 15 is 0 Å². The van der Waals surface area contributed by atoms with E-state index in [-0.39, 0.29) is 6.73 Å². The molecule has 18 heavy (non-hydrogen) atoms. The van der Waals surface area contributed by atoms with Crippen LogP contribution in [0.1, 0.15) is 9.88 Å². The summed E-state index contributed by atoms with van der Waals surface area (Å²) >= 11 is 1.55. The van der Waals surface area contributed by atoms with Crippen molar-refractivity contribution in [2.75, 3.05) is 20.5 Å². The SMILES string of the molecule is Cc1ncc(CN2COCN(C)/C2=N\[N+](=O)[O-])s1. The maximum atomic E-state index is 10.5. The Balaban J connectivity index is 2.15. The predicted molar refractivity (Wildman–Crippen MR) is 65.4 cm³/mol. The quantitative estimate of drug-likeness (QED) is 0.593. The molecule has 1 aliphatic heterocycles. The van der Waals surface area contributed by atoms with Gasteiger partial charge in [0.25, 0.3) is 5.96 Å². The zero-order valence-corrected chi connectivity index (χ0v) is 10.9. The number of hydrazone groups is 1. The molecule has 2 rings (SSSR count). The Bertz CT molecular complexity index is 475. The fourth-order valence-electron chi connectivity index (χ4n) is 1.64. The van der Waals surface area contributed by atoms with Gasteiger partial charge in [0.15, 0.2) is 5.03 Å². The number of nitrogens with zero attached hydrogens (tertiary/aromatic N) is 5. The van der Waals surface area contributed by atoms with Crippen LogP contribution in [-0.2, 0) is 11.3 Å². The maximum absolute atomic E-state index is 10.5. The number of aromatic nitrogens is 1. The van der Waals surface area contributed by atoms with Crippen molar-refractivity contribution >= 4 is 17.3 Å². The van der Waals surface area contributed by atoms with E-state index < -0.39 is 5.03 Å². The monoisotopic (exact) mass is 271 g/mol. The Morgan fingerprint density at radius 2 is 2.44 bits per heavy atom. The van der Waals surface area contributed by atoms with Crippen molar-refractivity contribution in [3.63, 3.8) is 0 Å². The number of aryl methyl sites for hydroxylation is 1. The minimum atomic E-state index is -0.692. The molecule has 2 heterocycles. The molecular weight excluding hydrogens is 258 g/mol. The summed E-state index contributed by atoms with van der Waals surface area (Å²) in [6.07, 6.45) is 1.76. The summed E-state index contributed by atoms with van der Waals surface area (Å²) < 4.78 is 5.32. The summed E-state index contributed by atoms with van der Waals surface area (Å²) in [6.45, 7) is 3.00. The number of thiazole rings is 1. The van der Waals surface area contributed by atoms with Gasteiger partial charge in [0.2, 0.25) is 0 Å². The molecule has 1 aromatic rings. The van der Waals surface area contributed by atoms with Gasteiger partial charge in [0, 0.05) is 18.1 Å². The molecule has 8 nitrogen and oxygen atoms in total. The van der Waals surface area contributed by atoms with E-state index in [4.69, 9.17) is 4.74 Å². The molecule has 0 amide bonds. The number of nitro groups is 1. The molecule has 0 bridgehead atoms. The summed E-state index contributed by atoms with van der Waals surface area (Å²) in [5.41, 5.74) is 0. The second kappa shape index (κ2) is 5.27. The zero-order valence-electron chi connectivity index (χ0n) is 10.1. The van der Waals surface area contributed by atoms with Gasteiger partial charge in [-0.15, -0.1) is 11.3 Å². The third-order valence-electron chi connectivity index (χ3n) is 2.34. The first kappa shape index (κ1) is 12.7. The molecule has 0 saturated carbocycles. The second-order valence-electron chi connectivity index (χ2n) is 3.84. The molecule has 0 unspecified atom stereocenters. The molecule has 1 aromatic heterocycles. The van der Waals surface area contributed by atoms with Crippen molar-refractivity contribution in [2.24, 2.45) is 5.10 Å². The van der Waals surface area contributed by atoms with Gasteiger partial charge in [-0.25, -0.2) is 15.1 Å². The largest absolute Gasteiger partial charge is 0.341 e. The molecule has 0 aliphatic carbocycles. The third-order valence-corrected chi connectivity index (χ3v) is 3.24. The summed E-state index contributed by atoms with van der Waals surface area (Å²) in [7, 11) is 1.70. The van der Waals surface area contributed by atoms with E-state index in [9.17, 15) is 10.1 Å². The Morgan fingerprint density at radius 3 is 3.06 bits per heavy atom. The first-order valence-corrected chi connectivity index (χ1v) is 6.06. The highest BCUT2D eigenvalue weighted by Gasteiger charge is 2.25. The third kappa shape index (κ3) is 2.93. The normalized spacial score (nSPS) is 18.4. The summed E-state index contributed by atoms with van der Waals surface area (Å²) in [6, 6.07) is 0. The van der Waals surface area contributed by atoms with Crippen LogP contribution in [0.3, 0.4) is 0 Å². The van der Waals surface area contributed by atoms with Crippen LogP contribution in [0.4, 0.5) is 0 Å². The lowest BCUT2D eigenvalue weighted by Crippen LogP contribution is -2.49. The molecular formula is C9H13N5O3S. The molecule has 0 atom stereocenters. The van der Waals surface area contributed by atoms with Crippen molar-refractivity contribution in [1.82, 2.24) is 14.8 Å². The van der Waals surface area contributed by atoms with Crippen molar-refractivity contribution < 1.29 is 9.77 Å². The van der Waals surface area contributed by atoms with Crippen LogP contribution in [0.5, 0.6) is 0 Å². The van der Waals surface area contributed by atoms with E-state index in [0.717, 1.165) is 9.88 Å². The fourth-order valence-corrected chi connectivity index (χ4v) is 2.45. The van der Waals surface area contributed by atoms with Gasteiger partial charge in [-0.05, 0) is 6.92 Å². The van der Waals surface area contributed by atoms with E-state index in [1.54, 1.807) is 34.4 Å². The van der Waals surface area contributed by atoms with Crippen molar-refractivity contribution in [3.8, 4) is 0 Å². The van der Waals surface area contributed by atoms with Gasteiger partial charge in [-0.1, -0.05) is 0 Å². The minimum Gasteiger partial charge on any atom is -0.341 e. The summed E-state index contributed by atoms with van der Waals surface area (Å²) in [5, 5.41) is 14.2. The van der Waals surface area contributed by atoms with Crippen LogP contribution in [0.25, 0.3) is 0 Å². The molecule has 1 saturated heterocycles. The predicted octanol–water partition coefficient (Wildman–Crippen LogP) is 0.678. The number of guanidine groups is 1. The topological polar surface area (TPSA) is 84.1 Å². The van der Waals surface area contributed by atoms with E-state index in [1.807, 2.05) is 6.92 Å². The van der Waals surface area contributed by atoms with Gasteiger partial charge in [-0.2, -0.15) is 0 Å². The Kier molecular flexibility index (Phi) is 3.72. The van der Waals surface area contributed by atoms with Crippen LogP contribution >= 0.6 is 11.3 Å². The van der Waals surface area contributed by atoms with Crippen molar-refractivity contribution in [3.05, 3.63) is 26.2 Å². The van der Waals surface area contributed by atoms with Crippen LogP contribution in [0.15, 0.2) is 11.3 Å². The van der Waals surface area contributed by atoms with Crippen molar-refractivity contribution in [2.45, 2.75) is 13.5 Å². The van der Waals surface area contributed by atoms with Crippen LogP contribution in [-0.4, -0.2) is 46.3 Å². The first-order valence-electron chi connectivity index (χ1n) is 5.24. The lowest BCUT2D eigenvalue weighted by molar-refractivity contribution is -0.486. The summed E-state index contributed by atoms with van der Waals surface area (Å²) in [5.74, 6) is 0.303. The van der Waals surface area contributed by atoms with E-state index in [0.29, 0.717) is 19.2 Å². The van der Waals surface area contributed by atoms with Gasteiger partial charge in [0.05, 0.1) is 11.6 Å². The highest BCUT2D eigenvalue weighted by molar-refractivity contribution is 7.11. The minimum absolute atomic E-state index is 0.286. The number of hydrogen-bond donors (Lipinski definition) is 0. The Hall–Kier alpha value is -1.74. The van der Waals surface area contributed by atoms with E-state index in [1.165, 1.54) is 0 Å². The van der Waals surface area contributed by atoms with Gasteiger partial charge in [0.1, 0.15) is 18.6 Å². The Morgan fingerprint density at radius 1 is 1.67 bits per heavy atom. The highest BCUT2D eigenvalue weighted by atomic mass is 32.1. The van der Waals surface area contributed by atoms with Crippen LogP contribution < -0.4 is 0 Å². The van der Waals surface area contributed by atoms with Gasteiger partial charge in [-0.3, -0.25) is 0 Å². The fraction of sp³-hybridized carbons (Fsp3) is 0.556. The molecule has 0 radical (unpaired) electrons. The van der Waals surface area contributed by atoms with Crippen LogP contribution in [0.2, 0.25) is 0 Å². The van der Waals surface area contributed by atoms with Gasteiger partial charge < -0.3 is 14.5 Å². The lowest BCUT2D eigenvalue weighted by atomic mass is 10.4. The van der Waals surface area contributed by atoms with Crippen molar-refractivity contribution in [1.29, 1.82) is 0 Å². The maximum Gasteiger partial charge on any atom is 0.277 e. The van der Waals surface area contributed by atoms with Gasteiger partial charge >= 0.3 is 0 Å².